The summed E-state index contributed by atoms with van der Waals surface area (Å²) in [5.74, 6) is -0.0538. The van der Waals surface area contributed by atoms with Gasteiger partial charge in [-0.3, -0.25) is 4.79 Å². The van der Waals surface area contributed by atoms with E-state index >= 15 is 0 Å². The minimum atomic E-state index is -0.0538. The van der Waals surface area contributed by atoms with E-state index in [4.69, 9.17) is 5.26 Å². The van der Waals surface area contributed by atoms with Crippen molar-refractivity contribution in [1.82, 2.24) is 0 Å². The summed E-state index contributed by atoms with van der Waals surface area (Å²) in [5.41, 5.74) is 1.29. The Morgan fingerprint density at radius 3 is 2.38 bits per heavy atom. The maximum absolute atomic E-state index is 12.1. The number of hydrogen-bond acceptors (Lipinski definition) is 2. The van der Waals surface area contributed by atoms with Crippen LogP contribution in [-0.2, 0) is 4.79 Å². The Morgan fingerprint density at radius 2 is 1.71 bits per heavy atom. The lowest BCUT2D eigenvalue weighted by molar-refractivity contribution is -0.115. The van der Waals surface area contributed by atoms with Crippen LogP contribution in [0, 0.1) is 11.3 Å². The van der Waals surface area contributed by atoms with Crippen molar-refractivity contribution in [2.75, 3.05) is 0 Å². The number of Topliss-reactive ketones (excluding diaryl/α,β-unsaturated/α-hetero) is 1. The fourth-order valence-electron chi connectivity index (χ4n) is 2.43. The summed E-state index contributed by atoms with van der Waals surface area (Å²) < 4.78 is 0. The van der Waals surface area contributed by atoms with Crippen molar-refractivity contribution >= 4 is 11.9 Å². The van der Waals surface area contributed by atoms with Gasteiger partial charge in [0, 0.05) is 6.42 Å². The molecule has 0 aliphatic carbocycles. The number of carbonyl (C=O) groups is 1. The molecule has 0 amide bonds. The zero-order valence-electron chi connectivity index (χ0n) is 14.4. The molecule has 0 unspecified atom stereocenters. The number of hydrogen-bond donors (Lipinski definition) is 0. The molecule has 0 aliphatic rings. The molecule has 0 atom stereocenters. The van der Waals surface area contributed by atoms with E-state index in [1.807, 2.05) is 48.6 Å². The van der Waals surface area contributed by atoms with Gasteiger partial charge in [-0.25, -0.2) is 0 Å². The van der Waals surface area contributed by atoms with Crippen molar-refractivity contribution in [2.45, 2.75) is 51.4 Å². The van der Waals surface area contributed by atoms with Crippen LogP contribution in [0.4, 0.5) is 0 Å². The number of ketones is 1. The Hall–Kier alpha value is -2.40. The molecule has 0 N–H and O–H groups in total. The lowest BCUT2D eigenvalue weighted by Crippen LogP contribution is -2.00. The molecule has 0 bridgehead atoms. The van der Waals surface area contributed by atoms with Gasteiger partial charge < -0.3 is 0 Å². The Balaban J connectivity index is 2.28. The summed E-state index contributed by atoms with van der Waals surface area (Å²) in [5, 5.41) is 9.14. The molecule has 2 heteroatoms. The minimum Gasteiger partial charge on any atom is -0.293 e. The second kappa shape index (κ2) is 13.1. The van der Waals surface area contributed by atoms with E-state index < -0.39 is 0 Å². The maximum Gasteiger partial charge on any atom is 0.173 e. The van der Waals surface area contributed by atoms with E-state index in [0.717, 1.165) is 31.2 Å². The van der Waals surface area contributed by atoms with Crippen LogP contribution in [0.15, 0.2) is 60.7 Å². The van der Waals surface area contributed by atoms with Gasteiger partial charge >= 0.3 is 0 Å². The van der Waals surface area contributed by atoms with Crippen LogP contribution >= 0.6 is 0 Å². The first-order chi connectivity index (χ1) is 11.8. The van der Waals surface area contributed by atoms with Gasteiger partial charge in [0.25, 0.3) is 0 Å². The number of carbonyl (C=O) groups excluding carboxylic acids is 1. The number of nitriles is 1. The Morgan fingerprint density at radius 1 is 1.04 bits per heavy atom. The first kappa shape index (κ1) is 19.6. The fraction of sp³-hybridized carbons (Fsp3) is 0.364. The van der Waals surface area contributed by atoms with Crippen LogP contribution in [0.2, 0.25) is 0 Å². The Kier molecular flexibility index (Phi) is 10.7. The van der Waals surface area contributed by atoms with Gasteiger partial charge in [0.2, 0.25) is 0 Å². The zero-order valence-corrected chi connectivity index (χ0v) is 14.4. The average molecular weight is 321 g/mol. The third kappa shape index (κ3) is 8.90. The van der Waals surface area contributed by atoms with Gasteiger partial charge in [-0.15, -0.1) is 6.58 Å². The SMILES string of the molecule is C=CCCCCCCCCC(=O)/C(C#N)=C\C=C\c1ccccc1. The molecule has 2 nitrogen and oxygen atoms in total. The molecular formula is C22H27NO. The smallest absolute Gasteiger partial charge is 0.173 e. The lowest BCUT2D eigenvalue weighted by Gasteiger charge is -2.01. The Bertz CT molecular complexity index is 590. The highest BCUT2D eigenvalue weighted by molar-refractivity contribution is 5.99. The molecule has 0 heterocycles. The summed E-state index contributed by atoms with van der Waals surface area (Å²) in [6, 6.07) is 11.8. The average Bonchev–Trinajstić information content (AvgIpc) is 2.61. The topological polar surface area (TPSA) is 40.9 Å². The summed E-state index contributed by atoms with van der Waals surface area (Å²) in [7, 11) is 0. The van der Waals surface area contributed by atoms with Crippen molar-refractivity contribution < 1.29 is 4.79 Å². The second-order valence-corrected chi connectivity index (χ2v) is 5.83. The number of nitrogens with zero attached hydrogens (tertiary/aromatic N) is 1. The number of allylic oxidation sites excluding steroid dienone is 4. The van der Waals surface area contributed by atoms with Gasteiger partial charge in [0.1, 0.15) is 6.07 Å². The summed E-state index contributed by atoms with van der Waals surface area (Å²) in [6.45, 7) is 3.72. The van der Waals surface area contributed by atoms with Gasteiger partial charge in [-0.1, -0.05) is 74.2 Å². The molecule has 0 saturated carbocycles. The van der Waals surface area contributed by atoms with E-state index in [1.165, 1.54) is 19.3 Å². The van der Waals surface area contributed by atoms with Gasteiger partial charge in [0.15, 0.2) is 5.78 Å². The van der Waals surface area contributed by atoms with E-state index in [9.17, 15) is 4.79 Å². The fourth-order valence-corrected chi connectivity index (χ4v) is 2.43. The van der Waals surface area contributed by atoms with Crippen LogP contribution in [0.5, 0.6) is 0 Å². The van der Waals surface area contributed by atoms with E-state index in [0.29, 0.717) is 6.42 Å². The number of unbranched alkanes of at least 4 members (excludes halogenated alkanes) is 6. The van der Waals surface area contributed by atoms with Crippen molar-refractivity contribution in [3.05, 3.63) is 66.3 Å². The zero-order chi connectivity index (χ0) is 17.5. The molecule has 0 saturated heterocycles. The molecule has 1 rings (SSSR count). The summed E-state index contributed by atoms with van der Waals surface area (Å²) in [6.07, 6.45) is 15.5. The molecular weight excluding hydrogens is 294 g/mol. The maximum atomic E-state index is 12.1. The van der Waals surface area contributed by atoms with Gasteiger partial charge in [-0.05, 0) is 30.9 Å². The van der Waals surface area contributed by atoms with Crippen LogP contribution in [0.3, 0.4) is 0 Å². The largest absolute Gasteiger partial charge is 0.293 e. The lowest BCUT2D eigenvalue weighted by atomic mass is 10.0. The van der Waals surface area contributed by atoms with E-state index in [-0.39, 0.29) is 11.4 Å². The number of benzene rings is 1. The minimum absolute atomic E-state index is 0.0538. The molecule has 1 aromatic rings. The summed E-state index contributed by atoms with van der Waals surface area (Å²) in [4.78, 5) is 12.1. The molecule has 0 aliphatic heterocycles. The first-order valence-corrected chi connectivity index (χ1v) is 8.75. The highest BCUT2D eigenvalue weighted by Crippen LogP contribution is 2.11. The number of rotatable bonds is 12. The monoisotopic (exact) mass is 321 g/mol. The molecule has 0 fully saturated rings. The van der Waals surface area contributed by atoms with Crippen LogP contribution in [0.25, 0.3) is 6.08 Å². The summed E-state index contributed by atoms with van der Waals surface area (Å²) >= 11 is 0. The van der Waals surface area contributed by atoms with Crippen molar-refractivity contribution in [2.24, 2.45) is 0 Å². The van der Waals surface area contributed by atoms with Crippen molar-refractivity contribution in [1.29, 1.82) is 5.26 Å². The van der Waals surface area contributed by atoms with E-state index in [2.05, 4.69) is 6.58 Å². The highest BCUT2D eigenvalue weighted by Gasteiger charge is 2.07. The molecule has 0 spiro atoms. The van der Waals surface area contributed by atoms with Gasteiger partial charge in [0.05, 0.1) is 5.57 Å². The van der Waals surface area contributed by atoms with Gasteiger partial charge in [-0.2, -0.15) is 5.26 Å². The molecule has 0 radical (unpaired) electrons. The van der Waals surface area contributed by atoms with Crippen molar-refractivity contribution in [3.63, 3.8) is 0 Å². The third-order valence-corrected chi connectivity index (χ3v) is 3.83. The van der Waals surface area contributed by atoms with Crippen LogP contribution < -0.4 is 0 Å². The molecule has 126 valence electrons. The van der Waals surface area contributed by atoms with Crippen LogP contribution in [-0.4, -0.2) is 5.78 Å². The Labute approximate surface area is 146 Å². The third-order valence-electron chi connectivity index (χ3n) is 3.83. The predicted octanol–water partition coefficient (Wildman–Crippen LogP) is 6.03. The van der Waals surface area contributed by atoms with E-state index in [1.54, 1.807) is 12.2 Å². The highest BCUT2D eigenvalue weighted by atomic mass is 16.1. The first-order valence-electron chi connectivity index (χ1n) is 8.75. The molecule has 0 aromatic heterocycles. The normalized spacial score (nSPS) is 11.4. The quantitative estimate of drug-likeness (QED) is 0.155. The van der Waals surface area contributed by atoms with Crippen LogP contribution in [0.1, 0.15) is 56.9 Å². The second-order valence-electron chi connectivity index (χ2n) is 5.83. The van der Waals surface area contributed by atoms with Crippen molar-refractivity contribution in [3.8, 4) is 6.07 Å². The standard InChI is InChI=1S/C22H27NO/c1-2-3-4-5-6-7-8-12-18-22(24)21(19-23)17-13-16-20-14-10-9-11-15-20/h2,9-11,13-17H,1,3-8,12,18H2/b16-13+,21-17-. The predicted molar refractivity (Wildman–Crippen MR) is 101 cm³/mol. The molecule has 24 heavy (non-hydrogen) atoms. The molecule has 1 aromatic carbocycles.